The Bertz CT molecular complexity index is 1230. The van der Waals surface area contributed by atoms with Crippen molar-refractivity contribution in [3.8, 4) is 5.75 Å². The number of aromatic nitrogens is 1. The normalized spacial score (nSPS) is 15.7. The average molecular weight is 504 g/mol. The van der Waals surface area contributed by atoms with Crippen molar-refractivity contribution >= 4 is 11.8 Å². The van der Waals surface area contributed by atoms with E-state index in [0.717, 1.165) is 22.3 Å². The van der Waals surface area contributed by atoms with Gasteiger partial charge < -0.3 is 15.0 Å². The van der Waals surface area contributed by atoms with Crippen LogP contribution in [0.2, 0.25) is 0 Å². The van der Waals surface area contributed by atoms with Gasteiger partial charge in [0.1, 0.15) is 11.6 Å². The van der Waals surface area contributed by atoms with E-state index in [-0.39, 0.29) is 23.5 Å². The first-order valence-electron chi connectivity index (χ1n) is 12.9. The van der Waals surface area contributed by atoms with E-state index in [4.69, 9.17) is 4.74 Å². The van der Waals surface area contributed by atoms with Gasteiger partial charge in [-0.15, -0.1) is 0 Å². The molecule has 4 rings (SSSR count). The maximum Gasteiger partial charge on any atom is 0.261 e. The molecule has 2 atom stereocenters. The Morgan fingerprint density at radius 3 is 2.70 bits per heavy atom. The lowest BCUT2D eigenvalue weighted by molar-refractivity contribution is -0.134. The molecule has 0 fully saturated rings. The van der Waals surface area contributed by atoms with E-state index in [1.165, 1.54) is 12.1 Å². The lowest BCUT2D eigenvalue weighted by Crippen LogP contribution is -2.41. The smallest absolute Gasteiger partial charge is 0.261 e. The fourth-order valence-electron chi connectivity index (χ4n) is 4.73. The van der Waals surface area contributed by atoms with Gasteiger partial charge in [0.15, 0.2) is 6.10 Å². The van der Waals surface area contributed by atoms with Crippen molar-refractivity contribution in [3.63, 3.8) is 0 Å². The molecule has 1 aromatic heterocycles. The minimum absolute atomic E-state index is 0.0439. The van der Waals surface area contributed by atoms with Crippen molar-refractivity contribution in [2.45, 2.75) is 58.7 Å². The van der Waals surface area contributed by atoms with Gasteiger partial charge in [-0.1, -0.05) is 45.0 Å². The van der Waals surface area contributed by atoms with Gasteiger partial charge in [-0.2, -0.15) is 0 Å². The van der Waals surface area contributed by atoms with Crippen molar-refractivity contribution < 1.29 is 18.7 Å². The molecule has 1 aliphatic heterocycles. The van der Waals surface area contributed by atoms with Crippen LogP contribution in [0.3, 0.4) is 0 Å². The predicted octanol–water partition coefficient (Wildman–Crippen LogP) is 5.21. The summed E-state index contributed by atoms with van der Waals surface area (Å²) < 4.78 is 20.4. The fourth-order valence-corrected chi connectivity index (χ4v) is 4.73. The Labute approximate surface area is 217 Å². The number of fused-ring (bicyclic) bond motifs is 1. The summed E-state index contributed by atoms with van der Waals surface area (Å²) in [5.74, 6) is 0.250. The van der Waals surface area contributed by atoms with E-state index in [2.05, 4.69) is 10.3 Å². The molecular formula is C30H34FN3O3. The van der Waals surface area contributed by atoms with Crippen molar-refractivity contribution in [3.05, 3.63) is 95.1 Å². The first-order chi connectivity index (χ1) is 17.9. The molecule has 3 aromatic rings. The van der Waals surface area contributed by atoms with Gasteiger partial charge in [-0.25, -0.2) is 4.39 Å². The van der Waals surface area contributed by atoms with E-state index in [9.17, 15) is 14.0 Å². The number of amides is 2. The highest BCUT2D eigenvalue weighted by Gasteiger charge is 2.33. The molecule has 0 spiro atoms. The number of benzene rings is 2. The number of halogens is 1. The van der Waals surface area contributed by atoms with Crippen molar-refractivity contribution in [1.82, 2.24) is 15.2 Å². The Kier molecular flexibility index (Phi) is 8.54. The van der Waals surface area contributed by atoms with Gasteiger partial charge in [0.25, 0.3) is 5.91 Å². The number of pyridine rings is 1. The number of ether oxygens (including phenoxy) is 1. The molecule has 1 N–H and O–H groups in total. The summed E-state index contributed by atoms with van der Waals surface area (Å²) in [4.78, 5) is 32.0. The largest absolute Gasteiger partial charge is 0.481 e. The van der Waals surface area contributed by atoms with Crippen LogP contribution in [0.25, 0.3) is 0 Å². The van der Waals surface area contributed by atoms with Gasteiger partial charge in [0.2, 0.25) is 5.91 Å². The molecule has 0 radical (unpaired) electrons. The highest BCUT2D eigenvalue weighted by atomic mass is 19.1. The molecule has 6 nitrogen and oxygen atoms in total. The van der Waals surface area contributed by atoms with Gasteiger partial charge in [0, 0.05) is 31.9 Å². The van der Waals surface area contributed by atoms with E-state index in [1.807, 2.05) is 62.1 Å². The van der Waals surface area contributed by atoms with Crippen LogP contribution in [0, 0.1) is 11.7 Å². The Morgan fingerprint density at radius 1 is 1.16 bits per heavy atom. The molecule has 0 aliphatic carbocycles. The molecule has 0 saturated heterocycles. The van der Waals surface area contributed by atoms with Crippen LogP contribution >= 0.6 is 0 Å². The molecule has 194 valence electrons. The summed E-state index contributed by atoms with van der Waals surface area (Å²) in [5, 5.41) is 2.92. The van der Waals surface area contributed by atoms with Gasteiger partial charge in [-0.05, 0) is 71.3 Å². The lowest BCUT2D eigenvalue weighted by Gasteiger charge is -2.38. The Hall–Kier alpha value is -3.74. The van der Waals surface area contributed by atoms with Crippen molar-refractivity contribution in [2.75, 3.05) is 6.54 Å². The van der Waals surface area contributed by atoms with E-state index in [1.54, 1.807) is 18.5 Å². The first-order valence-corrected chi connectivity index (χ1v) is 12.9. The number of nitrogens with one attached hydrogen (secondary N) is 1. The average Bonchev–Trinajstić information content (AvgIpc) is 2.89. The predicted molar refractivity (Wildman–Crippen MR) is 140 cm³/mol. The molecular weight excluding hydrogens is 469 g/mol. The molecule has 37 heavy (non-hydrogen) atoms. The third kappa shape index (κ3) is 6.53. The third-order valence-corrected chi connectivity index (χ3v) is 6.54. The number of nitrogens with zero attached hydrogens (tertiary/aromatic N) is 2. The molecule has 1 aliphatic rings. The molecule has 2 unspecified atom stereocenters. The zero-order valence-corrected chi connectivity index (χ0v) is 21.6. The summed E-state index contributed by atoms with van der Waals surface area (Å²) in [6, 6.07) is 15.5. The molecule has 2 heterocycles. The van der Waals surface area contributed by atoms with E-state index < -0.39 is 12.1 Å². The second-order valence-corrected chi connectivity index (χ2v) is 9.85. The highest BCUT2D eigenvalue weighted by Crippen LogP contribution is 2.38. The minimum atomic E-state index is -0.676. The molecule has 0 bridgehead atoms. The number of carbonyl (C=O) groups excluding carboxylic acids is 2. The van der Waals surface area contributed by atoms with Crippen LogP contribution in [0.15, 0.2) is 67.0 Å². The second kappa shape index (κ2) is 12.0. The van der Waals surface area contributed by atoms with Crippen LogP contribution in [0.1, 0.15) is 61.9 Å². The maximum atomic E-state index is 14.2. The Balaban J connectivity index is 1.59. The van der Waals surface area contributed by atoms with Gasteiger partial charge in [0.05, 0.1) is 6.04 Å². The molecule has 2 amide bonds. The van der Waals surface area contributed by atoms with E-state index >= 15 is 0 Å². The zero-order chi connectivity index (χ0) is 26.4. The second-order valence-electron chi connectivity index (χ2n) is 9.85. The SMILES string of the molecule is CCC(Oc1ccc2c(c1)C(c1cccc(F)c1)N(C(=O)CC(C)C)CC2)C(=O)NCc1cccnc1. The topological polar surface area (TPSA) is 71.5 Å². The molecule has 2 aromatic carbocycles. The van der Waals surface area contributed by atoms with Crippen LogP contribution < -0.4 is 10.1 Å². The summed E-state index contributed by atoms with van der Waals surface area (Å²) in [6.07, 6.45) is 4.34. The van der Waals surface area contributed by atoms with Gasteiger partial charge in [-0.3, -0.25) is 14.6 Å². The minimum Gasteiger partial charge on any atom is -0.481 e. The summed E-state index contributed by atoms with van der Waals surface area (Å²) in [7, 11) is 0. The summed E-state index contributed by atoms with van der Waals surface area (Å²) in [6.45, 7) is 6.86. The highest BCUT2D eigenvalue weighted by molar-refractivity contribution is 5.81. The Morgan fingerprint density at radius 2 is 2.00 bits per heavy atom. The summed E-state index contributed by atoms with van der Waals surface area (Å²) in [5.41, 5.74) is 3.61. The monoisotopic (exact) mass is 503 g/mol. The number of rotatable bonds is 9. The third-order valence-electron chi connectivity index (χ3n) is 6.54. The zero-order valence-electron chi connectivity index (χ0n) is 21.6. The van der Waals surface area contributed by atoms with Crippen LogP contribution in [0.5, 0.6) is 5.75 Å². The van der Waals surface area contributed by atoms with Crippen molar-refractivity contribution in [2.24, 2.45) is 5.92 Å². The standard InChI is InChI=1S/C30H34FN3O3/c1-4-27(30(36)33-19-21-7-6-13-32-18-21)37-25-11-10-22-12-14-34(28(35)15-20(2)3)29(26(22)17-25)23-8-5-9-24(31)16-23/h5-11,13,16-18,20,27,29H,4,12,14-15,19H2,1-3H3,(H,33,36). The molecule has 0 saturated carbocycles. The number of carbonyl (C=O) groups is 2. The van der Waals surface area contributed by atoms with Crippen molar-refractivity contribution in [1.29, 1.82) is 0 Å². The first kappa shape index (κ1) is 26.3. The molecule has 7 heteroatoms. The van der Waals surface area contributed by atoms with Crippen LogP contribution in [0.4, 0.5) is 4.39 Å². The fraction of sp³-hybridized carbons (Fsp3) is 0.367. The lowest BCUT2D eigenvalue weighted by atomic mass is 9.87. The maximum absolute atomic E-state index is 14.2. The number of hydrogen-bond acceptors (Lipinski definition) is 4. The van der Waals surface area contributed by atoms with Crippen LogP contribution in [-0.4, -0.2) is 34.3 Å². The summed E-state index contributed by atoms with van der Waals surface area (Å²) >= 11 is 0. The quantitative estimate of drug-likeness (QED) is 0.435. The number of hydrogen-bond donors (Lipinski definition) is 1. The van der Waals surface area contributed by atoms with Gasteiger partial charge >= 0.3 is 0 Å². The van der Waals surface area contributed by atoms with Crippen LogP contribution in [-0.2, 0) is 22.6 Å². The van der Waals surface area contributed by atoms with E-state index in [0.29, 0.717) is 38.1 Å².